The Kier molecular flexibility index (Phi) is 4.61. The van der Waals surface area contributed by atoms with Gasteiger partial charge in [-0.2, -0.15) is 0 Å². The van der Waals surface area contributed by atoms with E-state index >= 15 is 0 Å². The molecule has 1 aromatic heterocycles. The van der Waals surface area contributed by atoms with Crippen molar-refractivity contribution in [1.29, 1.82) is 0 Å². The second-order valence-corrected chi connectivity index (χ2v) is 4.51. The SMILES string of the molecule is CCc1cccc(NC(N)=NCc2ccc(C(N)=O)o2)c1. The third-order valence-corrected chi connectivity index (χ3v) is 2.92. The monoisotopic (exact) mass is 286 g/mol. The highest BCUT2D eigenvalue weighted by atomic mass is 16.3. The van der Waals surface area contributed by atoms with E-state index < -0.39 is 5.91 Å². The molecule has 0 atom stereocenters. The van der Waals surface area contributed by atoms with E-state index in [4.69, 9.17) is 15.9 Å². The molecule has 1 amide bonds. The van der Waals surface area contributed by atoms with Gasteiger partial charge < -0.3 is 21.2 Å². The maximum Gasteiger partial charge on any atom is 0.284 e. The zero-order valence-electron chi connectivity index (χ0n) is 11.8. The summed E-state index contributed by atoms with van der Waals surface area (Å²) in [6, 6.07) is 11.1. The smallest absolute Gasteiger partial charge is 0.284 e. The second-order valence-electron chi connectivity index (χ2n) is 4.51. The lowest BCUT2D eigenvalue weighted by Gasteiger charge is -2.06. The summed E-state index contributed by atoms with van der Waals surface area (Å²) >= 11 is 0. The van der Waals surface area contributed by atoms with Crippen molar-refractivity contribution in [3.63, 3.8) is 0 Å². The van der Waals surface area contributed by atoms with Crippen LogP contribution in [-0.4, -0.2) is 11.9 Å². The largest absolute Gasteiger partial charge is 0.454 e. The van der Waals surface area contributed by atoms with Crippen molar-refractivity contribution >= 4 is 17.6 Å². The molecule has 6 nitrogen and oxygen atoms in total. The summed E-state index contributed by atoms with van der Waals surface area (Å²) in [6.07, 6.45) is 0.953. The topological polar surface area (TPSA) is 107 Å². The number of primary amides is 1. The molecule has 6 heteroatoms. The van der Waals surface area contributed by atoms with Crippen LogP contribution < -0.4 is 16.8 Å². The van der Waals surface area contributed by atoms with Crippen LogP contribution in [0.5, 0.6) is 0 Å². The van der Waals surface area contributed by atoms with E-state index in [1.165, 1.54) is 11.6 Å². The fourth-order valence-electron chi connectivity index (χ4n) is 1.81. The molecule has 0 fully saturated rings. The van der Waals surface area contributed by atoms with Gasteiger partial charge in [-0.3, -0.25) is 4.79 Å². The van der Waals surface area contributed by atoms with E-state index in [1.807, 2.05) is 24.3 Å². The molecular weight excluding hydrogens is 268 g/mol. The lowest BCUT2D eigenvalue weighted by atomic mass is 10.1. The minimum Gasteiger partial charge on any atom is -0.454 e. The van der Waals surface area contributed by atoms with Crippen LogP contribution in [0.4, 0.5) is 5.69 Å². The molecule has 2 aromatic rings. The first-order chi connectivity index (χ1) is 10.1. The van der Waals surface area contributed by atoms with Crippen molar-refractivity contribution in [2.24, 2.45) is 16.5 Å². The van der Waals surface area contributed by atoms with E-state index in [9.17, 15) is 4.79 Å². The first-order valence-electron chi connectivity index (χ1n) is 6.63. The van der Waals surface area contributed by atoms with Gasteiger partial charge >= 0.3 is 0 Å². The van der Waals surface area contributed by atoms with Crippen LogP contribution in [0.3, 0.4) is 0 Å². The number of hydrogen-bond donors (Lipinski definition) is 3. The first-order valence-corrected chi connectivity index (χ1v) is 6.63. The Labute approximate surface area is 122 Å². The summed E-state index contributed by atoms with van der Waals surface area (Å²) < 4.78 is 5.22. The van der Waals surface area contributed by atoms with Gasteiger partial charge in [0.25, 0.3) is 5.91 Å². The molecular formula is C15H18N4O2. The van der Waals surface area contributed by atoms with Crippen molar-refractivity contribution < 1.29 is 9.21 Å². The third kappa shape index (κ3) is 4.10. The number of aliphatic imine (C=N–C) groups is 1. The van der Waals surface area contributed by atoms with Crippen LogP contribution in [0, 0.1) is 0 Å². The Bertz CT molecular complexity index is 661. The number of carbonyl (C=O) groups excluding carboxylic acids is 1. The van der Waals surface area contributed by atoms with Crippen molar-refractivity contribution in [3.8, 4) is 0 Å². The summed E-state index contributed by atoms with van der Waals surface area (Å²) in [5.41, 5.74) is 13.0. The average molecular weight is 286 g/mol. The third-order valence-electron chi connectivity index (χ3n) is 2.92. The van der Waals surface area contributed by atoms with Crippen molar-refractivity contribution in [2.45, 2.75) is 19.9 Å². The number of benzene rings is 1. The molecule has 0 saturated heterocycles. The van der Waals surface area contributed by atoms with Gasteiger partial charge in [-0.05, 0) is 36.2 Å². The van der Waals surface area contributed by atoms with Gasteiger partial charge in [0.1, 0.15) is 12.3 Å². The minimum absolute atomic E-state index is 0.113. The molecule has 0 spiro atoms. The molecule has 0 unspecified atom stereocenters. The van der Waals surface area contributed by atoms with Crippen LogP contribution in [-0.2, 0) is 13.0 Å². The van der Waals surface area contributed by atoms with Crippen LogP contribution in [0.15, 0.2) is 45.8 Å². The van der Waals surface area contributed by atoms with Gasteiger partial charge in [0, 0.05) is 5.69 Å². The Morgan fingerprint density at radius 1 is 1.29 bits per heavy atom. The van der Waals surface area contributed by atoms with Gasteiger partial charge in [-0.1, -0.05) is 19.1 Å². The number of nitrogens with one attached hydrogen (secondary N) is 1. The van der Waals surface area contributed by atoms with E-state index in [1.54, 1.807) is 6.07 Å². The molecule has 0 saturated carbocycles. The summed E-state index contributed by atoms with van der Waals surface area (Å²) in [5, 5.41) is 3.01. The van der Waals surface area contributed by atoms with E-state index in [0.29, 0.717) is 5.76 Å². The van der Waals surface area contributed by atoms with E-state index in [2.05, 4.69) is 17.2 Å². The zero-order chi connectivity index (χ0) is 15.2. The quantitative estimate of drug-likeness (QED) is 0.576. The van der Waals surface area contributed by atoms with Crippen molar-refractivity contribution in [2.75, 3.05) is 5.32 Å². The number of anilines is 1. The second kappa shape index (κ2) is 6.60. The lowest BCUT2D eigenvalue weighted by Crippen LogP contribution is -2.22. The molecule has 5 N–H and O–H groups in total. The maximum absolute atomic E-state index is 10.9. The fourth-order valence-corrected chi connectivity index (χ4v) is 1.81. The molecule has 0 aliphatic rings. The first kappa shape index (κ1) is 14.6. The lowest BCUT2D eigenvalue weighted by molar-refractivity contribution is 0.0972. The molecule has 1 heterocycles. The maximum atomic E-state index is 10.9. The predicted octanol–water partition coefficient (Wildman–Crippen LogP) is 1.87. The van der Waals surface area contributed by atoms with Gasteiger partial charge in [0.15, 0.2) is 11.7 Å². The van der Waals surface area contributed by atoms with Gasteiger partial charge in [-0.15, -0.1) is 0 Å². The number of rotatable bonds is 5. The molecule has 0 radical (unpaired) electrons. The fraction of sp³-hybridized carbons (Fsp3) is 0.200. The zero-order valence-corrected chi connectivity index (χ0v) is 11.8. The molecule has 0 aliphatic heterocycles. The molecule has 1 aromatic carbocycles. The van der Waals surface area contributed by atoms with Crippen molar-refractivity contribution in [1.82, 2.24) is 0 Å². The standard InChI is InChI=1S/C15H18N4O2/c1-2-10-4-3-5-11(8-10)19-15(17)18-9-12-6-7-13(21-12)14(16)20/h3-8H,2,9H2,1H3,(H2,16,20)(H3,17,18,19). The predicted molar refractivity (Wildman–Crippen MR) is 82.0 cm³/mol. The Morgan fingerprint density at radius 2 is 2.10 bits per heavy atom. The number of guanidine groups is 1. The molecule has 2 rings (SSSR count). The van der Waals surface area contributed by atoms with Crippen molar-refractivity contribution in [3.05, 3.63) is 53.5 Å². The highest BCUT2D eigenvalue weighted by molar-refractivity contribution is 5.92. The molecule has 0 bridgehead atoms. The van der Waals surface area contributed by atoms with Crippen LogP contribution in [0.2, 0.25) is 0 Å². The normalized spacial score (nSPS) is 11.4. The Balaban J connectivity index is 1.98. The van der Waals surface area contributed by atoms with E-state index in [-0.39, 0.29) is 18.3 Å². The summed E-state index contributed by atoms with van der Waals surface area (Å²) in [4.78, 5) is 15.1. The highest BCUT2D eigenvalue weighted by Gasteiger charge is 2.06. The number of nitrogens with two attached hydrogens (primary N) is 2. The summed E-state index contributed by atoms with van der Waals surface area (Å²) in [6.45, 7) is 2.32. The van der Waals surface area contributed by atoms with Gasteiger partial charge in [-0.25, -0.2) is 4.99 Å². The summed E-state index contributed by atoms with van der Waals surface area (Å²) in [5.74, 6) is 0.311. The summed E-state index contributed by atoms with van der Waals surface area (Å²) in [7, 11) is 0. The Hall–Kier alpha value is -2.76. The van der Waals surface area contributed by atoms with Crippen LogP contribution in [0.1, 0.15) is 28.8 Å². The van der Waals surface area contributed by atoms with Crippen LogP contribution in [0.25, 0.3) is 0 Å². The van der Waals surface area contributed by atoms with E-state index in [0.717, 1.165) is 12.1 Å². The number of carbonyl (C=O) groups is 1. The van der Waals surface area contributed by atoms with Gasteiger partial charge in [0.2, 0.25) is 0 Å². The molecule has 21 heavy (non-hydrogen) atoms. The Morgan fingerprint density at radius 3 is 2.76 bits per heavy atom. The number of aryl methyl sites for hydroxylation is 1. The average Bonchev–Trinajstić information content (AvgIpc) is 2.94. The highest BCUT2D eigenvalue weighted by Crippen LogP contribution is 2.11. The number of hydrogen-bond acceptors (Lipinski definition) is 3. The molecule has 110 valence electrons. The number of nitrogens with zero attached hydrogens (tertiary/aromatic N) is 1. The number of amides is 1. The van der Waals surface area contributed by atoms with Crippen LogP contribution >= 0.6 is 0 Å². The number of furan rings is 1. The minimum atomic E-state index is -0.604. The van der Waals surface area contributed by atoms with Gasteiger partial charge in [0.05, 0.1) is 0 Å². The molecule has 0 aliphatic carbocycles.